The molecule has 0 bridgehead atoms. The fourth-order valence-electron chi connectivity index (χ4n) is 5.03. The van der Waals surface area contributed by atoms with Gasteiger partial charge in [0.05, 0.1) is 11.7 Å². The Morgan fingerprint density at radius 3 is 2.59 bits per heavy atom. The first-order chi connectivity index (χ1) is 15.5. The van der Waals surface area contributed by atoms with Crippen molar-refractivity contribution in [2.75, 3.05) is 19.6 Å². The largest absolute Gasteiger partial charge is 0.310 e. The molecular formula is C24H28FN5O2. The summed E-state index contributed by atoms with van der Waals surface area (Å²) in [6, 6.07) is 8.67. The molecule has 1 atom stereocenters. The molecule has 32 heavy (non-hydrogen) atoms. The van der Waals surface area contributed by atoms with Crippen molar-refractivity contribution < 1.29 is 4.39 Å². The molecule has 3 aromatic rings. The lowest BCUT2D eigenvalue weighted by molar-refractivity contribution is 0.171. The van der Waals surface area contributed by atoms with Gasteiger partial charge in [0, 0.05) is 49.4 Å². The zero-order valence-corrected chi connectivity index (χ0v) is 18.3. The maximum atomic E-state index is 14.0. The van der Waals surface area contributed by atoms with E-state index < -0.39 is 0 Å². The van der Waals surface area contributed by atoms with Gasteiger partial charge in [-0.05, 0) is 56.1 Å². The summed E-state index contributed by atoms with van der Waals surface area (Å²) in [6.07, 6.45) is 4.32. The first-order valence-corrected chi connectivity index (χ1v) is 11.4. The maximum Gasteiger partial charge on any atom is 0.252 e. The Morgan fingerprint density at radius 2 is 1.88 bits per heavy atom. The maximum absolute atomic E-state index is 14.0. The third-order valence-electron chi connectivity index (χ3n) is 6.78. The van der Waals surface area contributed by atoms with Crippen LogP contribution < -0.4 is 16.4 Å². The van der Waals surface area contributed by atoms with Gasteiger partial charge in [0.1, 0.15) is 11.5 Å². The molecule has 168 valence electrons. The number of hydrogen-bond donors (Lipinski definition) is 1. The summed E-state index contributed by atoms with van der Waals surface area (Å²) in [7, 11) is 0. The van der Waals surface area contributed by atoms with Crippen LogP contribution in [0.5, 0.6) is 0 Å². The highest BCUT2D eigenvalue weighted by atomic mass is 19.1. The molecule has 5 heterocycles. The summed E-state index contributed by atoms with van der Waals surface area (Å²) < 4.78 is 17.5. The Labute approximate surface area is 185 Å². The highest BCUT2D eigenvalue weighted by Gasteiger charge is 2.29. The van der Waals surface area contributed by atoms with Gasteiger partial charge in [-0.25, -0.2) is 4.39 Å². The molecule has 3 aromatic heterocycles. The van der Waals surface area contributed by atoms with Crippen LogP contribution in [0.4, 0.5) is 4.39 Å². The topological polar surface area (TPSA) is 72.2 Å². The lowest BCUT2D eigenvalue weighted by atomic mass is 10.0. The lowest BCUT2D eigenvalue weighted by Crippen LogP contribution is -2.44. The summed E-state index contributed by atoms with van der Waals surface area (Å²) >= 11 is 0. The number of aromatic nitrogens is 3. The number of pyridine rings is 3. The zero-order valence-electron chi connectivity index (χ0n) is 18.3. The van der Waals surface area contributed by atoms with E-state index in [1.54, 1.807) is 45.7 Å². The van der Waals surface area contributed by atoms with Crippen LogP contribution in [0, 0.1) is 5.82 Å². The molecule has 1 fully saturated rings. The molecule has 2 aliphatic rings. The molecule has 2 aliphatic heterocycles. The molecule has 7 nitrogen and oxygen atoms in total. The van der Waals surface area contributed by atoms with Crippen molar-refractivity contribution in [1.82, 2.24) is 24.3 Å². The predicted molar refractivity (Wildman–Crippen MR) is 121 cm³/mol. The molecule has 8 heteroatoms. The SMILES string of the molecule is CCc1ncc(CNC2CCN(CC3Cn4c(=O)ccc5ccc(=O)n3c54)CC2)cc1F. The molecule has 0 aliphatic carbocycles. The van der Waals surface area contributed by atoms with Crippen LogP contribution in [0.3, 0.4) is 0 Å². The van der Waals surface area contributed by atoms with Crippen LogP contribution in [0.15, 0.2) is 46.1 Å². The summed E-state index contributed by atoms with van der Waals surface area (Å²) in [4.78, 5) is 31.5. The van der Waals surface area contributed by atoms with Gasteiger partial charge in [0.25, 0.3) is 11.1 Å². The Bertz CT molecular complexity index is 1250. The Balaban J connectivity index is 1.19. The van der Waals surface area contributed by atoms with Crippen LogP contribution in [0.1, 0.15) is 37.1 Å². The molecule has 1 N–H and O–H groups in total. The summed E-state index contributed by atoms with van der Waals surface area (Å²) in [6.45, 7) is 5.64. The fraction of sp³-hybridized carbons (Fsp3) is 0.458. The number of halogens is 1. The van der Waals surface area contributed by atoms with Gasteiger partial charge < -0.3 is 10.2 Å². The molecule has 0 saturated carbocycles. The summed E-state index contributed by atoms with van der Waals surface area (Å²) in [5.41, 5.74) is 2.00. The van der Waals surface area contributed by atoms with Crippen LogP contribution in [-0.4, -0.2) is 44.7 Å². The van der Waals surface area contributed by atoms with Crippen molar-refractivity contribution in [3.05, 3.63) is 74.3 Å². The predicted octanol–water partition coefficient (Wildman–Crippen LogP) is 2.07. The van der Waals surface area contributed by atoms with E-state index in [-0.39, 0.29) is 23.0 Å². The summed E-state index contributed by atoms with van der Waals surface area (Å²) in [5, 5.41) is 4.45. The first-order valence-electron chi connectivity index (χ1n) is 11.4. The van der Waals surface area contributed by atoms with Gasteiger partial charge in [0.2, 0.25) is 0 Å². The monoisotopic (exact) mass is 437 g/mol. The number of aryl methyl sites for hydroxylation is 1. The van der Waals surface area contributed by atoms with Gasteiger partial charge in [0.15, 0.2) is 0 Å². The third kappa shape index (κ3) is 3.89. The molecule has 1 saturated heterocycles. The average Bonchev–Trinajstić information content (AvgIpc) is 3.19. The van der Waals surface area contributed by atoms with E-state index in [9.17, 15) is 14.0 Å². The quantitative estimate of drug-likeness (QED) is 0.639. The highest BCUT2D eigenvalue weighted by molar-refractivity contribution is 5.76. The number of piperidine rings is 1. The second-order valence-corrected chi connectivity index (χ2v) is 8.84. The number of likely N-dealkylation sites (tertiary alicyclic amines) is 1. The van der Waals surface area contributed by atoms with Gasteiger partial charge in [-0.3, -0.25) is 23.7 Å². The average molecular weight is 438 g/mol. The van der Waals surface area contributed by atoms with Crippen LogP contribution in [0.2, 0.25) is 0 Å². The Morgan fingerprint density at radius 1 is 1.12 bits per heavy atom. The molecular weight excluding hydrogens is 409 g/mol. The van der Waals surface area contributed by atoms with E-state index in [2.05, 4.69) is 15.2 Å². The van der Waals surface area contributed by atoms with Gasteiger partial charge in [-0.15, -0.1) is 0 Å². The van der Waals surface area contributed by atoms with Crippen molar-refractivity contribution >= 4 is 11.0 Å². The smallest absolute Gasteiger partial charge is 0.252 e. The number of rotatable bonds is 6. The second-order valence-electron chi connectivity index (χ2n) is 8.84. The minimum atomic E-state index is -0.233. The Hall–Kier alpha value is -2.84. The highest BCUT2D eigenvalue weighted by Crippen LogP contribution is 2.25. The number of nitrogens with zero attached hydrogens (tertiary/aromatic N) is 4. The van der Waals surface area contributed by atoms with E-state index in [1.165, 1.54) is 0 Å². The lowest BCUT2D eigenvalue weighted by Gasteiger charge is -2.34. The zero-order chi connectivity index (χ0) is 22.2. The number of nitrogens with one attached hydrogen (secondary N) is 1. The first kappa shape index (κ1) is 21.0. The standard InChI is InChI=1S/C24H28FN5O2/c1-2-21-20(25)11-16(13-27-21)12-26-18-7-9-28(10-8-18)14-19-15-29-22(31)5-3-17-4-6-23(32)30(19)24(17)29/h3-6,11,13,18-19,26H,2,7-10,12,14-15H2,1H3. The van der Waals surface area contributed by atoms with Crippen molar-refractivity contribution in [3.63, 3.8) is 0 Å². The normalized spacial score (nSPS) is 19.1. The molecule has 5 rings (SSSR count). The van der Waals surface area contributed by atoms with E-state index in [0.29, 0.717) is 31.2 Å². The number of hydrogen-bond acceptors (Lipinski definition) is 5. The molecule has 0 radical (unpaired) electrons. The fourth-order valence-corrected chi connectivity index (χ4v) is 5.03. The van der Waals surface area contributed by atoms with Gasteiger partial charge >= 0.3 is 0 Å². The van der Waals surface area contributed by atoms with E-state index in [4.69, 9.17) is 0 Å². The van der Waals surface area contributed by atoms with Crippen LogP contribution in [-0.2, 0) is 19.5 Å². The molecule has 0 amide bonds. The van der Waals surface area contributed by atoms with Gasteiger partial charge in [-0.2, -0.15) is 0 Å². The minimum absolute atomic E-state index is 0.0306. The molecule has 0 spiro atoms. The second kappa shape index (κ2) is 8.60. The van der Waals surface area contributed by atoms with Gasteiger partial charge in [-0.1, -0.05) is 6.92 Å². The van der Waals surface area contributed by atoms with E-state index in [0.717, 1.165) is 49.1 Å². The van der Waals surface area contributed by atoms with Crippen LogP contribution >= 0.6 is 0 Å². The van der Waals surface area contributed by atoms with Crippen molar-refractivity contribution in [3.8, 4) is 0 Å². The minimum Gasteiger partial charge on any atom is -0.310 e. The summed E-state index contributed by atoms with van der Waals surface area (Å²) in [5.74, 6) is -0.233. The van der Waals surface area contributed by atoms with E-state index >= 15 is 0 Å². The third-order valence-corrected chi connectivity index (χ3v) is 6.78. The Kier molecular flexibility index (Phi) is 5.65. The van der Waals surface area contributed by atoms with E-state index in [1.807, 2.05) is 6.92 Å². The molecule has 0 aromatic carbocycles. The van der Waals surface area contributed by atoms with Crippen molar-refractivity contribution in [2.45, 2.75) is 51.4 Å². The van der Waals surface area contributed by atoms with Crippen LogP contribution in [0.25, 0.3) is 11.0 Å². The van der Waals surface area contributed by atoms with Crippen molar-refractivity contribution in [2.24, 2.45) is 0 Å². The van der Waals surface area contributed by atoms with Crippen molar-refractivity contribution in [1.29, 1.82) is 0 Å². The molecule has 1 unspecified atom stereocenters.